The molecule has 0 saturated carbocycles. The zero-order chi connectivity index (χ0) is 14.5. The molecule has 0 unspecified atom stereocenters. The molecule has 0 heterocycles. The lowest BCUT2D eigenvalue weighted by molar-refractivity contribution is 0.381. The van der Waals surface area contributed by atoms with Gasteiger partial charge in [0.2, 0.25) is 0 Å². The van der Waals surface area contributed by atoms with Crippen LogP contribution >= 0.6 is 0 Å². The zero-order valence-electron chi connectivity index (χ0n) is 11.3. The summed E-state index contributed by atoms with van der Waals surface area (Å²) < 4.78 is 31.6. The molecule has 17 heavy (non-hydrogen) atoms. The number of rotatable bonds is 4. The van der Waals surface area contributed by atoms with Gasteiger partial charge < -0.3 is 11.5 Å². The Labute approximate surface area is 105 Å². The maximum Gasteiger partial charge on any atom is 0.394 e. The fraction of sp³-hybridized carbons (Fsp3) is 1.00. The van der Waals surface area contributed by atoms with Crippen LogP contribution in [0.4, 0.5) is 0 Å². The predicted molar refractivity (Wildman–Crippen MR) is 71.2 cm³/mol. The van der Waals surface area contributed by atoms with E-state index in [1.54, 1.807) is 0 Å². The molecule has 0 saturated heterocycles. The monoisotopic (exact) mass is 272 g/mol. The van der Waals surface area contributed by atoms with Crippen molar-refractivity contribution in [2.24, 2.45) is 23.3 Å². The number of hydrogen-bond donors (Lipinski definition) is 4. The Morgan fingerprint density at radius 2 is 1.06 bits per heavy atom. The normalized spacial score (nSPS) is 10.5. The summed E-state index contributed by atoms with van der Waals surface area (Å²) in [5.74, 6) is 1.55. The van der Waals surface area contributed by atoms with E-state index in [9.17, 15) is 0 Å². The maximum atomic E-state index is 8.74. The summed E-state index contributed by atoms with van der Waals surface area (Å²) in [5, 5.41) is 0. The lowest BCUT2D eigenvalue weighted by atomic mass is 10.1. The molecule has 0 aromatic carbocycles. The molecule has 0 aliphatic carbocycles. The fourth-order valence-corrected chi connectivity index (χ4v) is 0.667. The van der Waals surface area contributed by atoms with E-state index >= 15 is 0 Å². The van der Waals surface area contributed by atoms with E-state index in [1.807, 2.05) is 0 Å². The highest BCUT2D eigenvalue weighted by molar-refractivity contribution is 7.79. The molecular weight excluding hydrogens is 244 g/mol. The first-order chi connectivity index (χ1) is 7.54. The molecule has 6 N–H and O–H groups in total. The predicted octanol–water partition coefficient (Wildman–Crippen LogP) is 1.33. The second-order valence-corrected chi connectivity index (χ2v) is 5.29. The highest BCUT2D eigenvalue weighted by Crippen LogP contribution is 1.94. The molecule has 0 atom stereocenters. The summed E-state index contributed by atoms with van der Waals surface area (Å²) in [6, 6.07) is 0. The average Bonchev–Trinajstić information content (AvgIpc) is 2.00. The highest BCUT2D eigenvalue weighted by Gasteiger charge is 1.86. The largest absolute Gasteiger partial charge is 0.394 e. The molecule has 0 radical (unpaired) electrons. The summed E-state index contributed by atoms with van der Waals surface area (Å²) >= 11 is 0. The van der Waals surface area contributed by atoms with Crippen molar-refractivity contribution in [2.75, 3.05) is 13.1 Å². The molecule has 7 heteroatoms. The zero-order valence-corrected chi connectivity index (χ0v) is 12.1. The summed E-state index contributed by atoms with van der Waals surface area (Å²) in [4.78, 5) is 0. The van der Waals surface area contributed by atoms with Gasteiger partial charge in [0.1, 0.15) is 0 Å². The minimum Gasteiger partial charge on any atom is -0.330 e. The standard InChI is InChI=1S/2C5H13N.H2O4S/c2*1-5(2)3-4-6;1-5(2,3)4/h2*5H,3-4,6H2,1-2H3;(H2,1,2,3,4). The Hall–Kier alpha value is -0.210. The van der Waals surface area contributed by atoms with E-state index < -0.39 is 10.4 Å². The minimum absolute atomic E-state index is 0.773. The van der Waals surface area contributed by atoms with Crippen LogP contribution < -0.4 is 11.5 Å². The Kier molecular flexibility index (Phi) is 17.9. The second kappa shape index (κ2) is 13.9. The first-order valence-electron chi connectivity index (χ1n) is 5.64. The molecule has 0 aliphatic rings. The van der Waals surface area contributed by atoms with Gasteiger partial charge in [-0.3, -0.25) is 9.11 Å². The smallest absolute Gasteiger partial charge is 0.330 e. The molecule has 0 aromatic heterocycles. The molecule has 0 aliphatic heterocycles. The maximum absolute atomic E-state index is 8.74. The average molecular weight is 272 g/mol. The molecule has 0 aromatic rings. The van der Waals surface area contributed by atoms with Crippen LogP contribution in [0.3, 0.4) is 0 Å². The van der Waals surface area contributed by atoms with Crippen molar-refractivity contribution in [3.8, 4) is 0 Å². The van der Waals surface area contributed by atoms with Crippen molar-refractivity contribution < 1.29 is 17.5 Å². The first kappa shape index (κ1) is 22.0. The highest BCUT2D eigenvalue weighted by atomic mass is 32.3. The topological polar surface area (TPSA) is 127 Å². The molecule has 0 spiro atoms. The van der Waals surface area contributed by atoms with Crippen LogP contribution in [0, 0.1) is 11.8 Å². The van der Waals surface area contributed by atoms with Crippen molar-refractivity contribution in [3.05, 3.63) is 0 Å². The van der Waals surface area contributed by atoms with Crippen molar-refractivity contribution in [1.29, 1.82) is 0 Å². The van der Waals surface area contributed by atoms with Gasteiger partial charge in [0, 0.05) is 0 Å². The van der Waals surface area contributed by atoms with Gasteiger partial charge in [-0.15, -0.1) is 0 Å². The Morgan fingerprint density at radius 1 is 0.882 bits per heavy atom. The summed E-state index contributed by atoms with van der Waals surface area (Å²) in [5.41, 5.74) is 10.5. The first-order valence-corrected chi connectivity index (χ1v) is 7.04. The van der Waals surface area contributed by atoms with Crippen LogP contribution in [0.15, 0.2) is 0 Å². The fourth-order valence-electron chi connectivity index (χ4n) is 0.667. The van der Waals surface area contributed by atoms with E-state index in [0.29, 0.717) is 0 Å². The van der Waals surface area contributed by atoms with Crippen LogP contribution in [0.2, 0.25) is 0 Å². The van der Waals surface area contributed by atoms with Gasteiger partial charge in [0.05, 0.1) is 0 Å². The molecule has 0 bridgehead atoms. The van der Waals surface area contributed by atoms with Crippen LogP contribution in [0.1, 0.15) is 40.5 Å². The van der Waals surface area contributed by atoms with Crippen LogP contribution in [-0.4, -0.2) is 30.6 Å². The minimum atomic E-state index is -4.67. The van der Waals surface area contributed by atoms with Gasteiger partial charge in [-0.25, -0.2) is 0 Å². The molecule has 0 fully saturated rings. The van der Waals surface area contributed by atoms with Gasteiger partial charge >= 0.3 is 10.4 Å². The quantitative estimate of drug-likeness (QED) is 0.572. The van der Waals surface area contributed by atoms with Gasteiger partial charge in [-0.05, 0) is 37.8 Å². The lowest BCUT2D eigenvalue weighted by Gasteiger charge is -1.96. The van der Waals surface area contributed by atoms with E-state index in [1.165, 1.54) is 0 Å². The number of hydrogen-bond acceptors (Lipinski definition) is 4. The van der Waals surface area contributed by atoms with Crippen molar-refractivity contribution in [1.82, 2.24) is 0 Å². The van der Waals surface area contributed by atoms with Crippen LogP contribution in [-0.2, 0) is 10.4 Å². The van der Waals surface area contributed by atoms with Gasteiger partial charge in [0.25, 0.3) is 0 Å². The lowest BCUT2D eigenvalue weighted by Crippen LogP contribution is -2.01. The second-order valence-electron chi connectivity index (χ2n) is 4.39. The van der Waals surface area contributed by atoms with Crippen molar-refractivity contribution in [2.45, 2.75) is 40.5 Å². The Bertz CT molecular complexity index is 210. The summed E-state index contributed by atoms with van der Waals surface area (Å²) in [7, 11) is -4.67. The van der Waals surface area contributed by atoms with Gasteiger partial charge in [-0.1, -0.05) is 27.7 Å². The SMILES string of the molecule is CC(C)CCN.CC(C)CCN.O=S(=O)(O)O. The van der Waals surface area contributed by atoms with Gasteiger partial charge in [0.15, 0.2) is 0 Å². The van der Waals surface area contributed by atoms with Gasteiger partial charge in [-0.2, -0.15) is 8.42 Å². The third kappa shape index (κ3) is 89.6. The van der Waals surface area contributed by atoms with Crippen LogP contribution in [0.25, 0.3) is 0 Å². The third-order valence-corrected chi connectivity index (χ3v) is 1.49. The third-order valence-electron chi connectivity index (χ3n) is 1.49. The summed E-state index contributed by atoms with van der Waals surface area (Å²) in [6.07, 6.45) is 2.31. The molecular formula is C10H28N2O4S. The van der Waals surface area contributed by atoms with E-state index in [4.69, 9.17) is 29.0 Å². The molecule has 108 valence electrons. The Morgan fingerprint density at radius 3 is 1.06 bits per heavy atom. The molecule has 0 rings (SSSR count). The van der Waals surface area contributed by atoms with E-state index in [2.05, 4.69) is 27.7 Å². The van der Waals surface area contributed by atoms with Crippen molar-refractivity contribution >= 4 is 10.4 Å². The number of nitrogens with two attached hydrogens (primary N) is 2. The molecule has 0 amide bonds. The van der Waals surface area contributed by atoms with E-state index in [-0.39, 0.29) is 0 Å². The van der Waals surface area contributed by atoms with Crippen molar-refractivity contribution in [3.63, 3.8) is 0 Å². The van der Waals surface area contributed by atoms with Crippen LogP contribution in [0.5, 0.6) is 0 Å². The summed E-state index contributed by atoms with van der Waals surface area (Å²) in [6.45, 7) is 10.4. The Balaban J connectivity index is -0.000000174. The van der Waals surface area contributed by atoms with E-state index in [0.717, 1.165) is 37.8 Å². The molecule has 6 nitrogen and oxygen atoms in total.